The molecule has 0 spiro atoms. The van der Waals surface area contributed by atoms with Crippen LogP contribution in [0, 0.1) is 0 Å². The predicted octanol–water partition coefficient (Wildman–Crippen LogP) is 2.72. The Morgan fingerprint density at radius 3 is 2.65 bits per heavy atom. The zero-order valence-electron chi connectivity index (χ0n) is 17.3. The summed E-state index contributed by atoms with van der Waals surface area (Å²) in [6.45, 7) is 1.77. The van der Waals surface area contributed by atoms with Crippen molar-refractivity contribution in [1.29, 1.82) is 0 Å². The third-order valence-electron chi connectivity index (χ3n) is 5.59. The highest BCUT2D eigenvalue weighted by Gasteiger charge is 2.21. The van der Waals surface area contributed by atoms with E-state index in [0.29, 0.717) is 22.3 Å². The van der Waals surface area contributed by atoms with Gasteiger partial charge in [-0.1, -0.05) is 18.9 Å². The topological polar surface area (TPSA) is 95.2 Å². The summed E-state index contributed by atoms with van der Waals surface area (Å²) in [5.41, 5.74) is 1.26. The van der Waals surface area contributed by atoms with Crippen molar-refractivity contribution < 1.29 is 9.00 Å². The molecule has 3 aromatic rings. The predicted molar refractivity (Wildman–Crippen MR) is 124 cm³/mol. The van der Waals surface area contributed by atoms with Gasteiger partial charge < -0.3 is 10.3 Å². The quantitative estimate of drug-likeness (QED) is 0.599. The van der Waals surface area contributed by atoms with Crippen molar-refractivity contribution in [2.75, 3.05) is 13.1 Å². The smallest absolute Gasteiger partial charge is 0.252 e. The fraction of sp³-hybridized carbons (Fsp3) is 0.304. The molecular weight excluding hydrogens is 412 g/mol. The Labute approximate surface area is 181 Å². The van der Waals surface area contributed by atoms with Crippen molar-refractivity contribution in [3.8, 4) is 0 Å². The number of hydrogen-bond acceptors (Lipinski definition) is 4. The second kappa shape index (κ2) is 9.03. The van der Waals surface area contributed by atoms with Crippen LogP contribution in [-0.4, -0.2) is 43.3 Å². The van der Waals surface area contributed by atoms with Crippen LogP contribution in [0.2, 0.25) is 0 Å². The number of aromatic nitrogens is 2. The molecule has 2 N–H and O–H groups in total. The lowest BCUT2D eigenvalue weighted by Gasteiger charge is -2.25. The van der Waals surface area contributed by atoms with Crippen LogP contribution in [0.3, 0.4) is 0 Å². The van der Waals surface area contributed by atoms with Crippen LogP contribution in [0.4, 0.5) is 0 Å². The molecule has 0 saturated carbocycles. The minimum absolute atomic E-state index is 0.246. The van der Waals surface area contributed by atoms with Crippen LogP contribution < -0.4 is 10.9 Å². The number of carbonyl (C=O) groups excluding carboxylic acids is 1. The second-order valence-electron chi connectivity index (χ2n) is 7.78. The second-order valence-corrected chi connectivity index (χ2v) is 10.1. The van der Waals surface area contributed by atoms with Crippen molar-refractivity contribution in [1.82, 2.24) is 19.6 Å². The van der Waals surface area contributed by atoms with E-state index in [1.165, 1.54) is 6.07 Å². The Balaban J connectivity index is 1.69. The number of pyridine rings is 2. The summed E-state index contributed by atoms with van der Waals surface area (Å²) in [5, 5.41) is 3.38. The van der Waals surface area contributed by atoms with Gasteiger partial charge in [0.1, 0.15) is 0 Å². The molecule has 8 heteroatoms. The average Bonchev–Trinajstić information content (AvgIpc) is 3.07. The number of nitrogens with one attached hydrogen (secondary N) is 2. The zero-order chi connectivity index (χ0) is 21.8. The van der Waals surface area contributed by atoms with Crippen LogP contribution in [0.1, 0.15) is 41.6 Å². The van der Waals surface area contributed by atoms with Gasteiger partial charge in [0, 0.05) is 53.9 Å². The van der Waals surface area contributed by atoms with Crippen LogP contribution in [0.5, 0.6) is 0 Å². The molecule has 0 bridgehead atoms. The van der Waals surface area contributed by atoms with Gasteiger partial charge in [0.15, 0.2) is 0 Å². The van der Waals surface area contributed by atoms with E-state index < -0.39 is 9.71 Å². The molecule has 0 radical (unpaired) electrons. The molecule has 4 rings (SSSR count). The molecule has 162 valence electrons. The number of fused-ring (bicyclic) bond motifs is 1. The maximum Gasteiger partial charge on any atom is 0.252 e. The number of amides is 1. The Bertz CT molecular complexity index is 1240. The average molecular weight is 439 g/mol. The fourth-order valence-corrected chi connectivity index (χ4v) is 5.61. The van der Waals surface area contributed by atoms with E-state index in [9.17, 15) is 13.8 Å². The molecule has 1 saturated heterocycles. The Kier molecular flexibility index (Phi) is 6.20. The molecule has 1 amide bonds. The van der Waals surface area contributed by atoms with Crippen molar-refractivity contribution in [2.24, 2.45) is 0 Å². The maximum absolute atomic E-state index is 13.6. The molecule has 1 aliphatic rings. The Morgan fingerprint density at radius 1 is 1.16 bits per heavy atom. The first-order chi connectivity index (χ1) is 14.9. The van der Waals surface area contributed by atoms with E-state index in [4.69, 9.17) is 0 Å². The third kappa shape index (κ3) is 4.70. The van der Waals surface area contributed by atoms with Crippen LogP contribution in [0.25, 0.3) is 10.9 Å². The maximum atomic E-state index is 13.6. The summed E-state index contributed by atoms with van der Waals surface area (Å²) >= 11 is 0. The fourth-order valence-electron chi connectivity index (χ4n) is 3.89. The number of aromatic amines is 1. The largest absolute Gasteiger partial charge is 0.348 e. The molecule has 31 heavy (non-hydrogen) atoms. The zero-order valence-corrected chi connectivity index (χ0v) is 18.1. The molecule has 1 aromatic carbocycles. The lowest BCUT2D eigenvalue weighted by Crippen LogP contribution is -2.31. The summed E-state index contributed by atoms with van der Waals surface area (Å²) in [6.07, 6.45) is 7.59. The molecular formula is C23H26N4O3S. The summed E-state index contributed by atoms with van der Waals surface area (Å²) in [7, 11) is -2.68. The SMILES string of the molecule is C=S(=O)(c1ccc2[nH]c(=O)cc(C(=O)NCc3cccnc3)c2c1)N1CCCCCC1. The van der Waals surface area contributed by atoms with Gasteiger partial charge >= 0.3 is 0 Å². The van der Waals surface area contributed by atoms with E-state index in [1.807, 2.05) is 10.4 Å². The van der Waals surface area contributed by atoms with Crippen molar-refractivity contribution in [3.63, 3.8) is 0 Å². The van der Waals surface area contributed by atoms with Gasteiger partial charge in [-0.2, -0.15) is 0 Å². The molecule has 1 atom stereocenters. The van der Waals surface area contributed by atoms with E-state index in [-0.39, 0.29) is 17.0 Å². The van der Waals surface area contributed by atoms with Gasteiger partial charge in [0.2, 0.25) is 5.56 Å². The van der Waals surface area contributed by atoms with Crippen molar-refractivity contribution in [2.45, 2.75) is 37.1 Å². The van der Waals surface area contributed by atoms with E-state index in [2.05, 4.69) is 21.2 Å². The molecule has 1 unspecified atom stereocenters. The Hall–Kier alpha value is -2.97. The summed E-state index contributed by atoms with van der Waals surface area (Å²) in [4.78, 5) is 32.4. The van der Waals surface area contributed by atoms with Gasteiger partial charge in [-0.15, -0.1) is 0 Å². The van der Waals surface area contributed by atoms with Gasteiger partial charge in [0.05, 0.1) is 15.3 Å². The summed E-state index contributed by atoms with van der Waals surface area (Å²) in [6, 6.07) is 10.1. The number of rotatable bonds is 5. The first kappa shape index (κ1) is 21.3. The van der Waals surface area contributed by atoms with E-state index in [0.717, 1.165) is 44.3 Å². The number of carbonyl (C=O) groups is 1. The number of hydrogen-bond donors (Lipinski definition) is 2. The lowest BCUT2D eigenvalue weighted by molar-refractivity contribution is 0.0952. The van der Waals surface area contributed by atoms with Crippen LogP contribution in [0.15, 0.2) is 58.5 Å². The first-order valence-electron chi connectivity index (χ1n) is 10.4. The molecule has 2 aromatic heterocycles. The van der Waals surface area contributed by atoms with Gasteiger partial charge in [-0.3, -0.25) is 14.6 Å². The highest BCUT2D eigenvalue weighted by molar-refractivity contribution is 7.98. The van der Waals surface area contributed by atoms with E-state index >= 15 is 0 Å². The highest BCUT2D eigenvalue weighted by Crippen LogP contribution is 2.25. The highest BCUT2D eigenvalue weighted by atomic mass is 32.2. The van der Waals surface area contributed by atoms with Crippen LogP contribution >= 0.6 is 0 Å². The molecule has 3 heterocycles. The van der Waals surface area contributed by atoms with E-state index in [1.54, 1.807) is 36.7 Å². The van der Waals surface area contributed by atoms with Gasteiger partial charge in [-0.25, -0.2) is 8.51 Å². The minimum atomic E-state index is -2.68. The first-order valence-corrected chi connectivity index (χ1v) is 12.1. The number of benzene rings is 1. The van der Waals surface area contributed by atoms with Gasteiger partial charge in [0.25, 0.3) is 5.91 Å². The molecule has 0 aliphatic carbocycles. The van der Waals surface area contributed by atoms with Crippen LogP contribution in [-0.2, 0) is 16.3 Å². The summed E-state index contributed by atoms with van der Waals surface area (Å²) in [5.74, 6) is 3.68. The number of nitrogens with zero attached hydrogens (tertiary/aromatic N) is 2. The standard InChI is InChI=1S/C23H26N4O3S/c1-31(30,27-11-4-2-3-5-12-27)18-8-9-21-19(13-18)20(14-22(28)26-21)23(29)25-16-17-7-6-10-24-15-17/h6-10,13-15H,1-5,11-12,16H2,(H,25,29)(H,26,28). The monoisotopic (exact) mass is 438 g/mol. The van der Waals surface area contributed by atoms with Crippen molar-refractivity contribution in [3.05, 3.63) is 70.3 Å². The lowest BCUT2D eigenvalue weighted by atomic mass is 10.1. The summed E-state index contributed by atoms with van der Waals surface area (Å²) < 4.78 is 15.6. The normalized spacial score (nSPS) is 17.0. The Morgan fingerprint density at radius 2 is 1.94 bits per heavy atom. The number of H-pyrrole nitrogens is 1. The minimum Gasteiger partial charge on any atom is -0.348 e. The molecule has 1 aliphatic heterocycles. The third-order valence-corrected chi connectivity index (χ3v) is 7.78. The van der Waals surface area contributed by atoms with Crippen molar-refractivity contribution >= 4 is 32.4 Å². The van der Waals surface area contributed by atoms with Gasteiger partial charge in [-0.05, 0) is 48.5 Å². The molecule has 7 nitrogen and oxygen atoms in total. The molecule has 1 fully saturated rings.